The molecule has 1 nitrogen and oxygen atoms in total. The zero-order chi connectivity index (χ0) is 11.3. The molecule has 1 aromatic rings. The summed E-state index contributed by atoms with van der Waals surface area (Å²) in [5.41, 5.74) is 2.97. The fourth-order valence-electron chi connectivity index (χ4n) is 2.15. The van der Waals surface area contributed by atoms with Crippen molar-refractivity contribution in [3.63, 3.8) is 0 Å². The smallest absolute Gasteiger partial charge is 0.0401 e. The number of benzene rings is 1. The molecule has 0 saturated heterocycles. The lowest BCUT2D eigenvalue weighted by atomic mass is 9.92. The Morgan fingerprint density at radius 2 is 1.93 bits per heavy atom. The predicted octanol–water partition coefficient (Wildman–Crippen LogP) is 4.05. The molecule has 0 amide bonds. The quantitative estimate of drug-likeness (QED) is 0.668. The summed E-state index contributed by atoms with van der Waals surface area (Å²) < 4.78 is 0. The third-order valence-electron chi connectivity index (χ3n) is 3.02. The Morgan fingerprint density at radius 3 is 2.60 bits per heavy atom. The van der Waals surface area contributed by atoms with Crippen molar-refractivity contribution in [1.82, 2.24) is 0 Å². The molecule has 0 bridgehead atoms. The van der Waals surface area contributed by atoms with Crippen LogP contribution in [0.4, 0.5) is 5.69 Å². The van der Waals surface area contributed by atoms with Crippen LogP contribution in [0.2, 0.25) is 0 Å². The van der Waals surface area contributed by atoms with Crippen LogP contribution >= 0.6 is 0 Å². The second-order valence-electron chi connectivity index (χ2n) is 3.83. The molecule has 1 atom stereocenters. The molecule has 2 rings (SSSR count). The minimum absolute atomic E-state index is 0.735. The molecule has 0 N–H and O–H groups in total. The fraction of sp³-hybridized carbons (Fsp3) is 0.571. The molecule has 0 saturated carbocycles. The van der Waals surface area contributed by atoms with Crippen molar-refractivity contribution < 1.29 is 0 Å². The van der Waals surface area contributed by atoms with E-state index in [0.717, 1.165) is 12.5 Å². The highest BCUT2D eigenvalue weighted by atomic mass is 15.1. The average Bonchev–Trinajstić information content (AvgIpc) is 2.33. The second-order valence-corrected chi connectivity index (χ2v) is 3.83. The molecule has 0 radical (unpaired) electrons. The lowest BCUT2D eigenvalue weighted by Gasteiger charge is -2.33. The van der Waals surface area contributed by atoms with Gasteiger partial charge in [-0.15, -0.1) is 0 Å². The zero-order valence-corrected chi connectivity index (χ0v) is 10.5. The molecule has 0 fully saturated rings. The number of para-hydroxylation sites is 1. The Bertz CT molecular complexity index is 293. The van der Waals surface area contributed by atoms with Gasteiger partial charge in [0.1, 0.15) is 0 Å². The van der Waals surface area contributed by atoms with Crippen molar-refractivity contribution in [3.05, 3.63) is 29.8 Å². The highest BCUT2D eigenvalue weighted by Crippen LogP contribution is 2.34. The molecule has 1 aliphatic heterocycles. The summed E-state index contributed by atoms with van der Waals surface area (Å²) in [7, 11) is 0. The molecule has 1 heterocycles. The number of hydrogen-bond acceptors (Lipinski definition) is 1. The molecular formula is C14H23N. The van der Waals surface area contributed by atoms with E-state index in [1.807, 2.05) is 13.8 Å². The van der Waals surface area contributed by atoms with Crippen LogP contribution in [0.25, 0.3) is 0 Å². The van der Waals surface area contributed by atoms with E-state index in [4.69, 9.17) is 0 Å². The van der Waals surface area contributed by atoms with Gasteiger partial charge >= 0.3 is 0 Å². The second kappa shape index (κ2) is 5.79. The summed E-state index contributed by atoms with van der Waals surface area (Å²) in [6.45, 7) is 10.9. The fourth-order valence-corrected chi connectivity index (χ4v) is 2.15. The Morgan fingerprint density at radius 1 is 1.27 bits per heavy atom. The van der Waals surface area contributed by atoms with Crippen LogP contribution in [-0.2, 0) is 0 Å². The van der Waals surface area contributed by atoms with Gasteiger partial charge in [0, 0.05) is 18.8 Å². The van der Waals surface area contributed by atoms with Crippen LogP contribution in [0.15, 0.2) is 24.3 Å². The van der Waals surface area contributed by atoms with Crippen molar-refractivity contribution in [2.75, 3.05) is 18.0 Å². The van der Waals surface area contributed by atoms with E-state index in [2.05, 4.69) is 43.0 Å². The van der Waals surface area contributed by atoms with Gasteiger partial charge < -0.3 is 4.90 Å². The molecule has 0 aromatic heterocycles. The summed E-state index contributed by atoms with van der Waals surface area (Å²) >= 11 is 0. The topological polar surface area (TPSA) is 3.24 Å². The molecule has 0 aliphatic carbocycles. The van der Waals surface area contributed by atoms with Gasteiger partial charge in [0.2, 0.25) is 0 Å². The number of rotatable bonds is 1. The summed E-state index contributed by atoms with van der Waals surface area (Å²) in [6, 6.07) is 8.80. The van der Waals surface area contributed by atoms with Gasteiger partial charge in [-0.1, -0.05) is 39.0 Å². The van der Waals surface area contributed by atoms with Crippen LogP contribution in [0.1, 0.15) is 45.6 Å². The summed E-state index contributed by atoms with van der Waals surface area (Å²) in [6.07, 6.45) is 1.30. The summed E-state index contributed by atoms with van der Waals surface area (Å²) in [5, 5.41) is 0. The van der Waals surface area contributed by atoms with Gasteiger partial charge in [-0.05, 0) is 30.9 Å². The maximum absolute atomic E-state index is 2.47. The van der Waals surface area contributed by atoms with Gasteiger partial charge in [0.25, 0.3) is 0 Å². The molecule has 1 aromatic carbocycles. The molecule has 15 heavy (non-hydrogen) atoms. The first-order valence-corrected chi connectivity index (χ1v) is 6.16. The maximum atomic E-state index is 2.47. The van der Waals surface area contributed by atoms with E-state index in [0.29, 0.717) is 0 Å². The van der Waals surface area contributed by atoms with Crippen LogP contribution in [0, 0.1) is 0 Å². The number of hydrogen-bond donors (Lipinski definition) is 0. The Balaban J connectivity index is 0.000000531. The molecule has 1 aliphatic rings. The van der Waals surface area contributed by atoms with E-state index < -0.39 is 0 Å². The largest absolute Gasteiger partial charge is 0.372 e. The zero-order valence-electron chi connectivity index (χ0n) is 10.5. The van der Waals surface area contributed by atoms with Crippen molar-refractivity contribution >= 4 is 5.69 Å². The van der Waals surface area contributed by atoms with E-state index in [-0.39, 0.29) is 0 Å². The molecule has 1 unspecified atom stereocenters. The van der Waals surface area contributed by atoms with E-state index >= 15 is 0 Å². The van der Waals surface area contributed by atoms with Gasteiger partial charge in [0.15, 0.2) is 0 Å². The number of fused-ring (bicyclic) bond motifs is 1. The van der Waals surface area contributed by atoms with Crippen LogP contribution in [0.5, 0.6) is 0 Å². The number of anilines is 1. The van der Waals surface area contributed by atoms with Gasteiger partial charge in [0.05, 0.1) is 0 Å². The van der Waals surface area contributed by atoms with Crippen LogP contribution in [-0.4, -0.2) is 13.1 Å². The first-order chi connectivity index (χ1) is 7.33. The van der Waals surface area contributed by atoms with Gasteiger partial charge in [-0.3, -0.25) is 0 Å². The summed E-state index contributed by atoms with van der Waals surface area (Å²) in [5.74, 6) is 0.735. The van der Waals surface area contributed by atoms with E-state index in [1.165, 1.54) is 24.2 Å². The standard InChI is InChI=1S/C12H17N.C2H6/c1-3-13-9-8-10(2)11-6-4-5-7-12(11)13;1-2/h4-7,10H,3,8-9H2,1-2H3;1-2H3. The predicted molar refractivity (Wildman–Crippen MR) is 68.7 cm³/mol. The first-order valence-electron chi connectivity index (χ1n) is 6.16. The maximum Gasteiger partial charge on any atom is 0.0401 e. The Kier molecular flexibility index (Phi) is 4.67. The van der Waals surface area contributed by atoms with Crippen LogP contribution < -0.4 is 4.90 Å². The molecular weight excluding hydrogens is 182 g/mol. The average molecular weight is 205 g/mol. The monoisotopic (exact) mass is 205 g/mol. The third kappa shape index (κ3) is 2.53. The van der Waals surface area contributed by atoms with E-state index in [1.54, 1.807) is 0 Å². The minimum atomic E-state index is 0.735. The first kappa shape index (κ1) is 12.1. The van der Waals surface area contributed by atoms with Crippen LogP contribution in [0.3, 0.4) is 0 Å². The number of nitrogens with zero attached hydrogens (tertiary/aromatic N) is 1. The summed E-state index contributed by atoms with van der Waals surface area (Å²) in [4.78, 5) is 2.47. The normalized spacial score (nSPS) is 18.9. The lowest BCUT2D eigenvalue weighted by Crippen LogP contribution is -2.30. The molecule has 0 spiro atoms. The Labute approximate surface area is 94.1 Å². The van der Waals surface area contributed by atoms with E-state index in [9.17, 15) is 0 Å². The van der Waals surface area contributed by atoms with Crippen molar-refractivity contribution in [1.29, 1.82) is 0 Å². The molecule has 84 valence electrons. The van der Waals surface area contributed by atoms with Crippen molar-refractivity contribution in [2.45, 2.75) is 40.0 Å². The van der Waals surface area contributed by atoms with Crippen molar-refractivity contribution in [2.24, 2.45) is 0 Å². The Hall–Kier alpha value is -0.980. The highest BCUT2D eigenvalue weighted by Gasteiger charge is 2.19. The lowest BCUT2D eigenvalue weighted by molar-refractivity contribution is 0.619. The molecule has 1 heteroatoms. The minimum Gasteiger partial charge on any atom is -0.372 e. The SMILES string of the molecule is CC.CCN1CCC(C)c2ccccc21. The van der Waals surface area contributed by atoms with Gasteiger partial charge in [-0.2, -0.15) is 0 Å². The van der Waals surface area contributed by atoms with Crippen molar-refractivity contribution in [3.8, 4) is 0 Å². The highest BCUT2D eigenvalue weighted by molar-refractivity contribution is 5.56. The van der Waals surface area contributed by atoms with Gasteiger partial charge in [-0.25, -0.2) is 0 Å². The third-order valence-corrected chi connectivity index (χ3v) is 3.02.